The van der Waals surface area contributed by atoms with E-state index in [1.807, 2.05) is 13.0 Å². The largest absolute Gasteiger partial charge is 0.338 e. The van der Waals surface area contributed by atoms with Crippen molar-refractivity contribution in [2.24, 2.45) is 11.1 Å². The lowest BCUT2D eigenvalue weighted by molar-refractivity contribution is -0.140. The number of nitriles is 1. The first-order valence-electron chi connectivity index (χ1n) is 6.53. The molecule has 5 heteroatoms. The van der Waals surface area contributed by atoms with Gasteiger partial charge in [0.05, 0.1) is 17.0 Å². The molecule has 20 heavy (non-hydrogen) atoms. The third-order valence-corrected chi connectivity index (χ3v) is 3.30. The summed E-state index contributed by atoms with van der Waals surface area (Å²) in [7, 11) is 0. The van der Waals surface area contributed by atoms with Crippen molar-refractivity contribution in [3.63, 3.8) is 0 Å². The summed E-state index contributed by atoms with van der Waals surface area (Å²) < 4.78 is 13.9. The van der Waals surface area contributed by atoms with Crippen LogP contribution in [0.1, 0.15) is 31.9 Å². The lowest BCUT2D eigenvalue weighted by Gasteiger charge is -2.30. The van der Waals surface area contributed by atoms with Gasteiger partial charge in [-0.1, -0.05) is 6.07 Å². The lowest BCUT2D eigenvalue weighted by Crippen LogP contribution is -2.44. The molecule has 1 rings (SSSR count). The molecule has 1 aromatic carbocycles. The minimum Gasteiger partial charge on any atom is -0.338 e. The van der Waals surface area contributed by atoms with Gasteiger partial charge in [0.15, 0.2) is 0 Å². The van der Waals surface area contributed by atoms with Crippen molar-refractivity contribution < 1.29 is 9.18 Å². The number of nitrogens with zero attached hydrogens (tertiary/aromatic N) is 2. The normalized spacial score (nSPS) is 11.0. The van der Waals surface area contributed by atoms with Crippen LogP contribution in [0.2, 0.25) is 0 Å². The van der Waals surface area contributed by atoms with Crippen molar-refractivity contribution in [2.45, 2.75) is 27.3 Å². The highest BCUT2D eigenvalue weighted by Gasteiger charge is 2.30. The Morgan fingerprint density at radius 2 is 2.15 bits per heavy atom. The predicted octanol–water partition coefficient (Wildman–Crippen LogP) is 2.03. The van der Waals surface area contributed by atoms with Crippen molar-refractivity contribution in [3.05, 3.63) is 35.1 Å². The first kappa shape index (κ1) is 16.1. The number of carbonyl (C=O) groups excluding carboxylic acids is 1. The maximum Gasteiger partial charge on any atom is 0.229 e. The molecule has 0 aromatic heterocycles. The van der Waals surface area contributed by atoms with Crippen molar-refractivity contribution in [3.8, 4) is 6.07 Å². The monoisotopic (exact) mass is 277 g/mol. The molecule has 0 bridgehead atoms. The third kappa shape index (κ3) is 3.55. The zero-order chi connectivity index (χ0) is 15.3. The van der Waals surface area contributed by atoms with Crippen LogP contribution in [0.3, 0.4) is 0 Å². The molecule has 4 nitrogen and oxygen atoms in total. The Morgan fingerprint density at radius 1 is 1.50 bits per heavy atom. The molecule has 0 heterocycles. The maximum absolute atomic E-state index is 13.9. The van der Waals surface area contributed by atoms with E-state index >= 15 is 0 Å². The molecule has 108 valence electrons. The summed E-state index contributed by atoms with van der Waals surface area (Å²) in [5.74, 6) is -0.577. The minimum absolute atomic E-state index is 0.105. The number of hydrogen-bond acceptors (Lipinski definition) is 3. The average molecular weight is 277 g/mol. The standard InChI is InChI=1S/C15H20FN3O/c1-4-19(14(20)15(2,3)10-18)9-12-6-5-11(8-17)7-13(12)16/h5-7H,4,9-10,18H2,1-3H3. The molecule has 0 saturated heterocycles. The molecule has 0 aliphatic heterocycles. The van der Waals surface area contributed by atoms with Crippen molar-refractivity contribution in [1.82, 2.24) is 4.90 Å². The Balaban J connectivity index is 2.95. The van der Waals surface area contributed by atoms with Gasteiger partial charge in [-0.3, -0.25) is 4.79 Å². The quantitative estimate of drug-likeness (QED) is 0.895. The zero-order valence-corrected chi connectivity index (χ0v) is 12.1. The fourth-order valence-electron chi connectivity index (χ4n) is 1.79. The fraction of sp³-hybridized carbons (Fsp3) is 0.467. The molecule has 0 radical (unpaired) electrons. The Bertz CT molecular complexity index is 534. The second-order valence-electron chi connectivity index (χ2n) is 5.33. The first-order chi connectivity index (χ1) is 9.35. The highest BCUT2D eigenvalue weighted by Crippen LogP contribution is 2.20. The molecule has 0 saturated carbocycles. The van der Waals surface area contributed by atoms with Gasteiger partial charge < -0.3 is 10.6 Å². The third-order valence-electron chi connectivity index (χ3n) is 3.30. The Labute approximate surface area is 119 Å². The van der Waals surface area contributed by atoms with Crippen molar-refractivity contribution in [2.75, 3.05) is 13.1 Å². The van der Waals surface area contributed by atoms with Gasteiger partial charge in [0.2, 0.25) is 5.91 Å². The van der Waals surface area contributed by atoms with E-state index in [9.17, 15) is 9.18 Å². The molecular formula is C15H20FN3O. The molecule has 0 fully saturated rings. The van der Waals surface area contributed by atoms with E-state index in [4.69, 9.17) is 11.0 Å². The summed E-state index contributed by atoms with van der Waals surface area (Å²) in [4.78, 5) is 13.9. The van der Waals surface area contributed by atoms with Crippen LogP contribution in [-0.4, -0.2) is 23.9 Å². The van der Waals surface area contributed by atoms with Crippen LogP contribution in [0.15, 0.2) is 18.2 Å². The Hall–Kier alpha value is -1.93. The fourth-order valence-corrected chi connectivity index (χ4v) is 1.79. The molecular weight excluding hydrogens is 257 g/mol. The molecule has 1 amide bonds. The van der Waals surface area contributed by atoms with Crippen LogP contribution in [0.4, 0.5) is 4.39 Å². The van der Waals surface area contributed by atoms with Gasteiger partial charge in [-0.15, -0.1) is 0 Å². The number of rotatable bonds is 5. The van der Waals surface area contributed by atoms with Crippen LogP contribution < -0.4 is 5.73 Å². The van der Waals surface area contributed by atoms with Crippen molar-refractivity contribution >= 4 is 5.91 Å². The van der Waals surface area contributed by atoms with E-state index in [1.165, 1.54) is 6.07 Å². The molecule has 0 spiro atoms. The summed E-state index contributed by atoms with van der Waals surface area (Å²) in [5, 5.41) is 8.71. The summed E-state index contributed by atoms with van der Waals surface area (Å²) in [6, 6.07) is 6.15. The smallest absolute Gasteiger partial charge is 0.229 e. The van der Waals surface area contributed by atoms with Gasteiger partial charge in [-0.2, -0.15) is 5.26 Å². The molecule has 0 aliphatic carbocycles. The zero-order valence-electron chi connectivity index (χ0n) is 12.1. The maximum atomic E-state index is 13.9. The van der Waals surface area contributed by atoms with E-state index in [0.29, 0.717) is 12.1 Å². The number of benzene rings is 1. The van der Waals surface area contributed by atoms with Gasteiger partial charge in [0.1, 0.15) is 5.82 Å². The SMILES string of the molecule is CCN(Cc1ccc(C#N)cc1F)C(=O)C(C)(C)CN. The van der Waals surface area contributed by atoms with Crippen LogP contribution in [0.25, 0.3) is 0 Å². The topological polar surface area (TPSA) is 70.1 Å². The minimum atomic E-state index is -0.668. The second kappa shape index (κ2) is 6.49. The second-order valence-corrected chi connectivity index (χ2v) is 5.33. The van der Waals surface area contributed by atoms with Gasteiger partial charge in [-0.05, 0) is 32.9 Å². The van der Waals surface area contributed by atoms with Crippen LogP contribution in [-0.2, 0) is 11.3 Å². The summed E-state index contributed by atoms with van der Waals surface area (Å²) in [6.45, 7) is 6.27. The number of amides is 1. The van der Waals surface area contributed by atoms with Gasteiger partial charge in [-0.25, -0.2) is 4.39 Å². The summed E-state index contributed by atoms with van der Waals surface area (Å²) >= 11 is 0. The molecule has 0 unspecified atom stereocenters. The number of halogens is 1. The molecule has 0 aliphatic rings. The van der Waals surface area contributed by atoms with Gasteiger partial charge in [0.25, 0.3) is 0 Å². The van der Waals surface area contributed by atoms with E-state index < -0.39 is 11.2 Å². The highest BCUT2D eigenvalue weighted by atomic mass is 19.1. The summed E-state index contributed by atoms with van der Waals surface area (Å²) in [5.41, 5.74) is 5.60. The van der Waals surface area contributed by atoms with E-state index in [0.717, 1.165) is 0 Å². The number of nitrogens with two attached hydrogens (primary N) is 1. The highest BCUT2D eigenvalue weighted by molar-refractivity contribution is 5.82. The predicted molar refractivity (Wildman–Crippen MR) is 75.0 cm³/mol. The molecule has 1 aromatic rings. The Morgan fingerprint density at radius 3 is 2.60 bits per heavy atom. The van der Waals surface area contributed by atoms with Crippen LogP contribution in [0, 0.1) is 22.6 Å². The summed E-state index contributed by atoms with van der Waals surface area (Å²) in [6.07, 6.45) is 0. The Kier molecular flexibility index (Phi) is 5.23. The van der Waals surface area contributed by atoms with Gasteiger partial charge in [0, 0.05) is 25.2 Å². The van der Waals surface area contributed by atoms with Gasteiger partial charge >= 0.3 is 0 Å². The van der Waals surface area contributed by atoms with Crippen LogP contribution in [0.5, 0.6) is 0 Å². The van der Waals surface area contributed by atoms with E-state index in [2.05, 4.69) is 0 Å². The van der Waals surface area contributed by atoms with E-state index in [-0.39, 0.29) is 24.6 Å². The number of carbonyl (C=O) groups is 1. The molecule has 2 N–H and O–H groups in total. The lowest BCUT2D eigenvalue weighted by atomic mass is 9.91. The number of hydrogen-bond donors (Lipinski definition) is 1. The van der Waals surface area contributed by atoms with E-state index in [1.54, 1.807) is 30.9 Å². The average Bonchev–Trinajstić information content (AvgIpc) is 2.45. The van der Waals surface area contributed by atoms with Crippen LogP contribution >= 0.6 is 0 Å². The van der Waals surface area contributed by atoms with Crippen molar-refractivity contribution in [1.29, 1.82) is 5.26 Å². The molecule has 0 atom stereocenters. The first-order valence-corrected chi connectivity index (χ1v) is 6.53.